The molecule has 2 heterocycles. The summed E-state index contributed by atoms with van der Waals surface area (Å²) >= 11 is 0. The molecule has 0 bridgehead atoms. The highest BCUT2D eigenvalue weighted by molar-refractivity contribution is 5.94. The first-order valence-electron chi connectivity index (χ1n) is 5.59. The molecule has 16 heavy (non-hydrogen) atoms. The van der Waals surface area contributed by atoms with Crippen LogP contribution in [0.4, 0.5) is 0 Å². The standard InChI is InChI=1S/C11H17N3O2/c1-14(2)11(15)8-7-16-13-10(8)9-5-3-4-6-12-9/h7,9,12H,3-6H2,1-2H3. The molecule has 1 atom stereocenters. The lowest BCUT2D eigenvalue weighted by molar-refractivity contribution is 0.0825. The van der Waals surface area contributed by atoms with Crippen LogP contribution in [0.5, 0.6) is 0 Å². The lowest BCUT2D eigenvalue weighted by Gasteiger charge is -2.22. The molecule has 1 unspecified atom stereocenters. The first-order valence-corrected chi connectivity index (χ1v) is 5.59. The molecule has 88 valence electrons. The Morgan fingerprint density at radius 2 is 2.38 bits per heavy atom. The van der Waals surface area contributed by atoms with Gasteiger partial charge < -0.3 is 14.7 Å². The zero-order valence-electron chi connectivity index (χ0n) is 9.69. The van der Waals surface area contributed by atoms with Crippen LogP contribution in [0.3, 0.4) is 0 Å². The minimum absolute atomic E-state index is 0.0522. The number of nitrogens with one attached hydrogen (secondary N) is 1. The molecule has 2 rings (SSSR count). The van der Waals surface area contributed by atoms with Crippen molar-refractivity contribution >= 4 is 5.91 Å². The Morgan fingerprint density at radius 1 is 1.56 bits per heavy atom. The van der Waals surface area contributed by atoms with Crippen molar-refractivity contribution in [2.45, 2.75) is 25.3 Å². The van der Waals surface area contributed by atoms with Gasteiger partial charge in [0.1, 0.15) is 17.5 Å². The van der Waals surface area contributed by atoms with Crippen LogP contribution < -0.4 is 5.32 Å². The van der Waals surface area contributed by atoms with E-state index in [2.05, 4.69) is 10.5 Å². The molecule has 1 saturated heterocycles. The smallest absolute Gasteiger partial charge is 0.258 e. The van der Waals surface area contributed by atoms with Gasteiger partial charge in [-0.2, -0.15) is 0 Å². The molecule has 5 nitrogen and oxygen atoms in total. The summed E-state index contributed by atoms with van der Waals surface area (Å²) in [6, 6.07) is 0.159. The number of carbonyl (C=O) groups excluding carboxylic acids is 1. The molecule has 0 radical (unpaired) electrons. The highest BCUT2D eigenvalue weighted by Gasteiger charge is 2.25. The summed E-state index contributed by atoms with van der Waals surface area (Å²) in [6.45, 7) is 0.979. The second kappa shape index (κ2) is 4.65. The van der Waals surface area contributed by atoms with Crippen molar-refractivity contribution in [2.75, 3.05) is 20.6 Å². The van der Waals surface area contributed by atoms with Gasteiger partial charge in [0.2, 0.25) is 0 Å². The van der Waals surface area contributed by atoms with Crippen LogP contribution in [0.25, 0.3) is 0 Å². The van der Waals surface area contributed by atoms with Crippen molar-refractivity contribution in [2.24, 2.45) is 0 Å². The molecular weight excluding hydrogens is 206 g/mol. The molecule has 1 aromatic heterocycles. The number of amides is 1. The Kier molecular flexibility index (Phi) is 3.24. The summed E-state index contributed by atoms with van der Waals surface area (Å²) in [5, 5.41) is 7.32. The van der Waals surface area contributed by atoms with E-state index < -0.39 is 0 Å². The van der Waals surface area contributed by atoms with E-state index >= 15 is 0 Å². The van der Waals surface area contributed by atoms with Crippen LogP contribution in [0.1, 0.15) is 41.4 Å². The Balaban J connectivity index is 2.21. The fourth-order valence-corrected chi connectivity index (χ4v) is 1.98. The minimum atomic E-state index is -0.0522. The first-order chi connectivity index (χ1) is 7.70. The average molecular weight is 223 g/mol. The van der Waals surface area contributed by atoms with E-state index in [1.807, 2.05) is 0 Å². The van der Waals surface area contributed by atoms with Gasteiger partial charge in [0, 0.05) is 14.1 Å². The number of nitrogens with zero attached hydrogens (tertiary/aromatic N) is 2. The van der Waals surface area contributed by atoms with Crippen molar-refractivity contribution in [3.8, 4) is 0 Å². The van der Waals surface area contributed by atoms with Crippen molar-refractivity contribution in [1.82, 2.24) is 15.4 Å². The zero-order chi connectivity index (χ0) is 11.5. The topological polar surface area (TPSA) is 58.4 Å². The van der Waals surface area contributed by atoms with Crippen LogP contribution in [-0.4, -0.2) is 36.6 Å². The van der Waals surface area contributed by atoms with E-state index in [4.69, 9.17) is 4.52 Å². The van der Waals surface area contributed by atoms with Gasteiger partial charge in [-0.1, -0.05) is 11.6 Å². The molecule has 1 aromatic rings. The van der Waals surface area contributed by atoms with E-state index in [-0.39, 0.29) is 11.9 Å². The summed E-state index contributed by atoms with van der Waals surface area (Å²) < 4.78 is 4.93. The van der Waals surface area contributed by atoms with E-state index in [0.29, 0.717) is 5.56 Å². The molecular formula is C11H17N3O2. The molecule has 0 saturated carbocycles. The van der Waals surface area contributed by atoms with E-state index in [9.17, 15) is 4.79 Å². The summed E-state index contributed by atoms with van der Waals surface area (Å²) in [6.07, 6.45) is 4.81. The third kappa shape index (κ3) is 2.09. The van der Waals surface area contributed by atoms with Gasteiger partial charge in [-0.05, 0) is 19.4 Å². The second-order valence-corrected chi connectivity index (χ2v) is 4.32. The largest absolute Gasteiger partial charge is 0.364 e. The molecule has 1 fully saturated rings. The number of carbonyl (C=O) groups is 1. The maximum Gasteiger partial charge on any atom is 0.258 e. The van der Waals surface area contributed by atoms with Gasteiger partial charge in [0.25, 0.3) is 5.91 Å². The maximum atomic E-state index is 11.9. The van der Waals surface area contributed by atoms with Gasteiger partial charge in [0.15, 0.2) is 0 Å². The Morgan fingerprint density at radius 3 is 3.00 bits per heavy atom. The second-order valence-electron chi connectivity index (χ2n) is 4.32. The van der Waals surface area contributed by atoms with Crippen LogP contribution in [0.15, 0.2) is 10.8 Å². The predicted molar refractivity (Wildman–Crippen MR) is 59.1 cm³/mol. The third-order valence-corrected chi connectivity index (χ3v) is 2.87. The SMILES string of the molecule is CN(C)C(=O)c1conc1C1CCCCN1. The van der Waals surface area contributed by atoms with E-state index in [1.165, 1.54) is 19.1 Å². The van der Waals surface area contributed by atoms with Gasteiger partial charge in [-0.15, -0.1) is 0 Å². The van der Waals surface area contributed by atoms with Crippen LogP contribution in [0, 0.1) is 0 Å². The number of hydrogen-bond donors (Lipinski definition) is 1. The van der Waals surface area contributed by atoms with Gasteiger partial charge in [0.05, 0.1) is 6.04 Å². The molecule has 5 heteroatoms. The molecule has 1 aliphatic heterocycles. The van der Waals surface area contributed by atoms with Crippen molar-refractivity contribution in [1.29, 1.82) is 0 Å². The van der Waals surface area contributed by atoms with Crippen molar-refractivity contribution < 1.29 is 9.32 Å². The fourth-order valence-electron chi connectivity index (χ4n) is 1.98. The molecule has 0 aromatic carbocycles. The monoisotopic (exact) mass is 223 g/mol. The summed E-state index contributed by atoms with van der Waals surface area (Å²) in [5.74, 6) is -0.0522. The highest BCUT2D eigenvalue weighted by Crippen LogP contribution is 2.25. The summed E-state index contributed by atoms with van der Waals surface area (Å²) in [4.78, 5) is 13.4. The fraction of sp³-hybridized carbons (Fsp3) is 0.636. The Bertz CT molecular complexity index is 367. The first kappa shape index (κ1) is 11.1. The molecule has 1 N–H and O–H groups in total. The number of aromatic nitrogens is 1. The molecule has 1 aliphatic rings. The van der Waals surface area contributed by atoms with Crippen LogP contribution >= 0.6 is 0 Å². The van der Waals surface area contributed by atoms with Crippen molar-refractivity contribution in [3.63, 3.8) is 0 Å². The van der Waals surface area contributed by atoms with Crippen LogP contribution in [0.2, 0.25) is 0 Å². The lowest BCUT2D eigenvalue weighted by Crippen LogP contribution is -2.30. The van der Waals surface area contributed by atoms with Crippen molar-refractivity contribution in [3.05, 3.63) is 17.5 Å². The highest BCUT2D eigenvalue weighted by atomic mass is 16.5. The summed E-state index contributed by atoms with van der Waals surface area (Å²) in [5.41, 5.74) is 1.32. The van der Waals surface area contributed by atoms with Gasteiger partial charge in [-0.3, -0.25) is 4.79 Å². The normalized spacial score (nSPS) is 20.8. The quantitative estimate of drug-likeness (QED) is 0.818. The number of piperidine rings is 1. The van der Waals surface area contributed by atoms with E-state index in [1.54, 1.807) is 19.0 Å². The van der Waals surface area contributed by atoms with Gasteiger partial charge in [-0.25, -0.2) is 0 Å². The maximum absolute atomic E-state index is 11.9. The van der Waals surface area contributed by atoms with E-state index in [0.717, 1.165) is 18.7 Å². The zero-order valence-corrected chi connectivity index (χ0v) is 9.69. The Hall–Kier alpha value is -1.36. The summed E-state index contributed by atoms with van der Waals surface area (Å²) in [7, 11) is 3.46. The minimum Gasteiger partial charge on any atom is -0.364 e. The average Bonchev–Trinajstić information content (AvgIpc) is 2.77. The predicted octanol–water partition coefficient (Wildman–Crippen LogP) is 1.19. The number of hydrogen-bond acceptors (Lipinski definition) is 4. The number of rotatable bonds is 2. The Labute approximate surface area is 94.8 Å². The third-order valence-electron chi connectivity index (χ3n) is 2.87. The molecule has 0 aliphatic carbocycles. The van der Waals surface area contributed by atoms with Gasteiger partial charge >= 0.3 is 0 Å². The van der Waals surface area contributed by atoms with Crippen LogP contribution in [-0.2, 0) is 0 Å². The molecule has 0 spiro atoms. The lowest BCUT2D eigenvalue weighted by atomic mass is 9.99. The molecule has 1 amide bonds.